The maximum Gasteiger partial charge on any atom is 0.272 e. The van der Waals surface area contributed by atoms with Gasteiger partial charge >= 0.3 is 0 Å². The first kappa shape index (κ1) is 9.09. The van der Waals surface area contributed by atoms with Gasteiger partial charge in [0.25, 0.3) is 5.24 Å². The summed E-state index contributed by atoms with van der Waals surface area (Å²) in [6.07, 6.45) is 1.39. The zero-order valence-electron chi connectivity index (χ0n) is 7.49. The average molecular weight is 207 g/mol. The molecule has 0 unspecified atom stereocenters. The SMILES string of the molecule is Cc1ccc2nc(C(=O)Cl)cnc2c1. The van der Waals surface area contributed by atoms with Crippen molar-refractivity contribution in [3.05, 3.63) is 35.7 Å². The molecule has 70 valence electrons. The molecular weight excluding hydrogens is 200 g/mol. The van der Waals surface area contributed by atoms with Crippen LogP contribution >= 0.6 is 11.6 Å². The van der Waals surface area contributed by atoms with Gasteiger partial charge in [-0.1, -0.05) is 6.07 Å². The first-order chi connectivity index (χ1) is 6.66. The van der Waals surface area contributed by atoms with Crippen LogP contribution in [0, 0.1) is 6.92 Å². The maximum absolute atomic E-state index is 10.8. The number of hydrogen-bond acceptors (Lipinski definition) is 3. The Morgan fingerprint density at radius 3 is 2.86 bits per heavy atom. The second kappa shape index (κ2) is 3.35. The number of aryl methyl sites for hydroxylation is 1. The minimum Gasteiger partial charge on any atom is -0.274 e. The van der Waals surface area contributed by atoms with Crippen LogP contribution in [0.5, 0.6) is 0 Å². The molecule has 1 heterocycles. The van der Waals surface area contributed by atoms with E-state index in [-0.39, 0.29) is 5.69 Å². The monoisotopic (exact) mass is 206 g/mol. The Labute approximate surface area is 85.7 Å². The van der Waals surface area contributed by atoms with Gasteiger partial charge in [0.2, 0.25) is 0 Å². The molecule has 1 aromatic carbocycles. The minimum absolute atomic E-state index is 0.183. The van der Waals surface area contributed by atoms with Crippen molar-refractivity contribution in [1.29, 1.82) is 0 Å². The molecule has 0 aliphatic rings. The Hall–Kier alpha value is -1.48. The minimum atomic E-state index is -0.583. The molecular formula is C10H7ClN2O. The van der Waals surface area contributed by atoms with Crippen LogP contribution in [0.3, 0.4) is 0 Å². The number of rotatable bonds is 1. The third kappa shape index (κ3) is 1.59. The zero-order valence-corrected chi connectivity index (χ0v) is 8.25. The molecule has 0 radical (unpaired) electrons. The first-order valence-corrected chi connectivity index (χ1v) is 4.48. The fraction of sp³-hybridized carbons (Fsp3) is 0.100. The Morgan fingerprint density at radius 2 is 2.14 bits per heavy atom. The lowest BCUT2D eigenvalue weighted by Gasteiger charge is -1.98. The normalized spacial score (nSPS) is 10.4. The highest BCUT2D eigenvalue weighted by Gasteiger charge is 2.05. The maximum atomic E-state index is 10.8. The molecule has 3 nitrogen and oxygen atoms in total. The summed E-state index contributed by atoms with van der Waals surface area (Å²) in [5.41, 5.74) is 2.74. The molecule has 0 aliphatic carbocycles. The molecule has 4 heteroatoms. The zero-order chi connectivity index (χ0) is 10.1. The summed E-state index contributed by atoms with van der Waals surface area (Å²) in [6.45, 7) is 1.97. The second-order valence-electron chi connectivity index (χ2n) is 3.02. The smallest absolute Gasteiger partial charge is 0.272 e. The largest absolute Gasteiger partial charge is 0.274 e. The molecule has 0 aliphatic heterocycles. The fourth-order valence-corrected chi connectivity index (χ4v) is 1.31. The molecule has 0 bridgehead atoms. The molecule has 0 amide bonds. The van der Waals surface area contributed by atoms with E-state index in [1.807, 2.05) is 25.1 Å². The van der Waals surface area contributed by atoms with Crippen LogP contribution in [0.4, 0.5) is 0 Å². The van der Waals surface area contributed by atoms with Crippen molar-refractivity contribution in [2.45, 2.75) is 6.92 Å². The van der Waals surface area contributed by atoms with Crippen molar-refractivity contribution in [1.82, 2.24) is 9.97 Å². The van der Waals surface area contributed by atoms with Crippen LogP contribution in [0.2, 0.25) is 0 Å². The number of nitrogens with zero attached hydrogens (tertiary/aromatic N) is 2. The van der Waals surface area contributed by atoms with E-state index < -0.39 is 5.24 Å². The summed E-state index contributed by atoms with van der Waals surface area (Å²) in [5.74, 6) is 0. The van der Waals surface area contributed by atoms with E-state index in [1.165, 1.54) is 6.20 Å². The van der Waals surface area contributed by atoms with Gasteiger partial charge in [-0.2, -0.15) is 0 Å². The third-order valence-corrected chi connectivity index (χ3v) is 2.09. The van der Waals surface area contributed by atoms with Crippen molar-refractivity contribution in [2.75, 3.05) is 0 Å². The van der Waals surface area contributed by atoms with Crippen molar-refractivity contribution in [3.8, 4) is 0 Å². The lowest BCUT2D eigenvalue weighted by atomic mass is 10.2. The highest BCUT2D eigenvalue weighted by Crippen LogP contribution is 2.12. The number of aromatic nitrogens is 2. The van der Waals surface area contributed by atoms with Gasteiger partial charge in [-0.05, 0) is 36.2 Å². The molecule has 0 N–H and O–H groups in total. The lowest BCUT2D eigenvalue weighted by molar-refractivity contribution is 0.107. The lowest BCUT2D eigenvalue weighted by Crippen LogP contribution is -1.96. The summed E-state index contributed by atoms with van der Waals surface area (Å²) in [5, 5.41) is -0.583. The van der Waals surface area contributed by atoms with Gasteiger partial charge in [0.05, 0.1) is 17.2 Å². The van der Waals surface area contributed by atoms with Gasteiger partial charge in [0.1, 0.15) is 5.69 Å². The van der Waals surface area contributed by atoms with Gasteiger partial charge in [-0.3, -0.25) is 9.78 Å². The summed E-state index contributed by atoms with van der Waals surface area (Å²) in [4.78, 5) is 19.0. The van der Waals surface area contributed by atoms with Gasteiger partial charge in [-0.25, -0.2) is 4.98 Å². The third-order valence-electron chi connectivity index (χ3n) is 1.90. The molecule has 0 spiro atoms. The number of halogens is 1. The van der Waals surface area contributed by atoms with Crippen LogP contribution in [0.1, 0.15) is 16.1 Å². The van der Waals surface area contributed by atoms with Crippen LogP contribution in [0.15, 0.2) is 24.4 Å². The van der Waals surface area contributed by atoms with E-state index >= 15 is 0 Å². The Kier molecular flexibility index (Phi) is 2.17. The van der Waals surface area contributed by atoms with Crippen molar-refractivity contribution >= 4 is 27.9 Å². The molecule has 14 heavy (non-hydrogen) atoms. The quantitative estimate of drug-likeness (QED) is 0.673. The van der Waals surface area contributed by atoms with E-state index in [9.17, 15) is 4.79 Å². The van der Waals surface area contributed by atoms with Crippen molar-refractivity contribution < 1.29 is 4.79 Å². The number of fused-ring (bicyclic) bond motifs is 1. The second-order valence-corrected chi connectivity index (χ2v) is 3.36. The first-order valence-electron chi connectivity index (χ1n) is 4.10. The molecule has 0 atom stereocenters. The molecule has 0 fully saturated rings. The highest BCUT2D eigenvalue weighted by molar-refractivity contribution is 6.67. The van der Waals surface area contributed by atoms with Gasteiger partial charge in [-0.15, -0.1) is 0 Å². The van der Waals surface area contributed by atoms with E-state index in [4.69, 9.17) is 11.6 Å². The predicted octanol–water partition coefficient (Wildman–Crippen LogP) is 2.32. The summed E-state index contributed by atoms with van der Waals surface area (Å²) >= 11 is 5.29. The van der Waals surface area contributed by atoms with E-state index in [0.717, 1.165) is 11.1 Å². The fourth-order valence-electron chi connectivity index (χ4n) is 1.22. The number of carbonyl (C=O) groups is 1. The van der Waals surface area contributed by atoms with E-state index in [0.29, 0.717) is 5.52 Å². The van der Waals surface area contributed by atoms with E-state index in [2.05, 4.69) is 9.97 Å². The summed E-state index contributed by atoms with van der Waals surface area (Å²) in [6, 6.07) is 5.64. The van der Waals surface area contributed by atoms with Crippen molar-refractivity contribution in [2.24, 2.45) is 0 Å². The Morgan fingerprint density at radius 1 is 1.36 bits per heavy atom. The molecule has 0 saturated heterocycles. The van der Waals surface area contributed by atoms with Crippen LogP contribution in [-0.2, 0) is 0 Å². The molecule has 0 saturated carbocycles. The topological polar surface area (TPSA) is 42.9 Å². The molecule has 2 aromatic rings. The summed E-state index contributed by atoms with van der Waals surface area (Å²) in [7, 11) is 0. The molecule has 1 aromatic heterocycles. The Balaban J connectivity index is 2.67. The van der Waals surface area contributed by atoms with E-state index in [1.54, 1.807) is 0 Å². The van der Waals surface area contributed by atoms with Crippen LogP contribution in [0.25, 0.3) is 11.0 Å². The van der Waals surface area contributed by atoms with Gasteiger partial charge in [0.15, 0.2) is 0 Å². The highest BCUT2D eigenvalue weighted by atomic mass is 35.5. The number of hydrogen-bond donors (Lipinski definition) is 0. The molecule has 2 rings (SSSR count). The van der Waals surface area contributed by atoms with Gasteiger partial charge < -0.3 is 0 Å². The van der Waals surface area contributed by atoms with Crippen molar-refractivity contribution in [3.63, 3.8) is 0 Å². The Bertz CT molecular complexity index is 510. The van der Waals surface area contributed by atoms with Gasteiger partial charge in [0, 0.05) is 0 Å². The average Bonchev–Trinajstić information content (AvgIpc) is 2.16. The number of benzene rings is 1. The predicted molar refractivity (Wildman–Crippen MR) is 54.5 cm³/mol. The van der Waals surface area contributed by atoms with Crippen LogP contribution in [-0.4, -0.2) is 15.2 Å². The number of carbonyl (C=O) groups excluding carboxylic acids is 1. The summed E-state index contributed by atoms with van der Waals surface area (Å²) < 4.78 is 0. The standard InChI is InChI=1S/C10H7ClN2O/c1-6-2-3-7-8(4-6)12-5-9(13-7)10(11)14/h2-5H,1H3. The van der Waals surface area contributed by atoms with Crippen LogP contribution < -0.4 is 0 Å².